The number of nitrogens with one attached hydrogen (secondary N) is 3. The Bertz CT molecular complexity index is 2030. The number of nitrogens with two attached hydrogens (primary N) is 1. The first-order valence-electron chi connectivity index (χ1n) is 17.8. The highest BCUT2D eigenvalue weighted by molar-refractivity contribution is 5.99. The molecule has 1 saturated heterocycles. The van der Waals surface area contributed by atoms with Crippen molar-refractivity contribution in [1.29, 1.82) is 0 Å². The molecular formula is C38H49N11O5. The van der Waals surface area contributed by atoms with E-state index >= 15 is 0 Å². The summed E-state index contributed by atoms with van der Waals surface area (Å²) in [6.45, 7) is 13.8. The molecule has 54 heavy (non-hydrogen) atoms. The van der Waals surface area contributed by atoms with Crippen molar-refractivity contribution in [2.75, 3.05) is 76.9 Å². The highest BCUT2D eigenvalue weighted by atomic mass is 16.5. The Kier molecular flexibility index (Phi) is 13.6. The number of aromatic nitrogens is 4. The second-order valence-corrected chi connectivity index (χ2v) is 12.5. The third-order valence-electron chi connectivity index (χ3n) is 8.95. The van der Waals surface area contributed by atoms with Crippen molar-refractivity contribution in [1.82, 2.24) is 34.9 Å². The fraction of sp³-hybridized carbons (Fsp3) is 0.368. The second-order valence-electron chi connectivity index (χ2n) is 12.5. The van der Waals surface area contributed by atoms with Gasteiger partial charge in [-0.15, -0.1) is 0 Å². The summed E-state index contributed by atoms with van der Waals surface area (Å²) in [5.41, 5.74) is 9.74. The summed E-state index contributed by atoms with van der Waals surface area (Å²) in [4.78, 5) is 50.4. The van der Waals surface area contributed by atoms with E-state index < -0.39 is 5.91 Å². The molecule has 0 spiro atoms. The first kappa shape index (κ1) is 39.2. The minimum Gasteiger partial charge on any atom is -0.494 e. The largest absolute Gasteiger partial charge is 0.494 e. The SMILES string of the molecule is C=Nc1cc(C=O)cc(OC)c1N(C/C=C/Cn1c(NC)nc2cc(C(N)=O)cc(OC/C=C/CN3CCNCC3)c21)CNC(=O)c1cc(C)nn1CC. The Morgan fingerprint density at radius 3 is 2.56 bits per heavy atom. The van der Waals surface area contributed by atoms with Gasteiger partial charge in [0.25, 0.3) is 5.91 Å². The van der Waals surface area contributed by atoms with Crippen molar-refractivity contribution in [3.05, 3.63) is 77.2 Å². The van der Waals surface area contributed by atoms with Gasteiger partial charge in [0.15, 0.2) is 0 Å². The summed E-state index contributed by atoms with van der Waals surface area (Å²) in [6, 6.07) is 8.27. The summed E-state index contributed by atoms with van der Waals surface area (Å²) in [7, 11) is 3.27. The molecule has 1 aliphatic rings. The molecule has 1 fully saturated rings. The maximum Gasteiger partial charge on any atom is 0.270 e. The number of piperazine rings is 1. The summed E-state index contributed by atoms with van der Waals surface area (Å²) in [5, 5.41) is 13.9. The molecular weight excluding hydrogens is 690 g/mol. The molecule has 1 aliphatic heterocycles. The quantitative estimate of drug-likeness (QED) is 0.0479. The summed E-state index contributed by atoms with van der Waals surface area (Å²) in [6.07, 6.45) is 8.66. The van der Waals surface area contributed by atoms with Crippen molar-refractivity contribution >= 4 is 53.2 Å². The van der Waals surface area contributed by atoms with Crippen molar-refractivity contribution < 1.29 is 23.9 Å². The van der Waals surface area contributed by atoms with Gasteiger partial charge in [0.05, 0.1) is 30.7 Å². The molecule has 2 amide bonds. The normalized spacial score (nSPS) is 13.4. The molecule has 0 radical (unpaired) electrons. The van der Waals surface area contributed by atoms with Crippen LogP contribution in [-0.4, -0.2) is 116 Å². The number of primary amides is 1. The van der Waals surface area contributed by atoms with Crippen LogP contribution in [0.4, 0.5) is 17.3 Å². The van der Waals surface area contributed by atoms with E-state index in [0.29, 0.717) is 89.2 Å². The number of aliphatic imine (C=N–C) groups is 1. The Balaban J connectivity index is 1.41. The van der Waals surface area contributed by atoms with Gasteiger partial charge in [0.1, 0.15) is 41.3 Å². The van der Waals surface area contributed by atoms with Crippen molar-refractivity contribution in [3.63, 3.8) is 0 Å². The number of anilines is 2. The van der Waals surface area contributed by atoms with Gasteiger partial charge in [0.2, 0.25) is 11.9 Å². The van der Waals surface area contributed by atoms with Crippen LogP contribution in [0.1, 0.15) is 43.8 Å². The molecule has 16 nitrogen and oxygen atoms in total. The lowest BCUT2D eigenvalue weighted by molar-refractivity contribution is 0.0941. The van der Waals surface area contributed by atoms with Gasteiger partial charge < -0.3 is 40.6 Å². The maximum absolute atomic E-state index is 13.3. The summed E-state index contributed by atoms with van der Waals surface area (Å²) < 4.78 is 15.5. The lowest BCUT2D eigenvalue weighted by Gasteiger charge is -2.27. The van der Waals surface area contributed by atoms with Gasteiger partial charge in [-0.05, 0) is 50.9 Å². The zero-order valence-corrected chi connectivity index (χ0v) is 31.3. The molecule has 3 heterocycles. The fourth-order valence-electron chi connectivity index (χ4n) is 6.29. The molecule has 286 valence electrons. The predicted molar refractivity (Wildman–Crippen MR) is 211 cm³/mol. The molecule has 0 atom stereocenters. The van der Waals surface area contributed by atoms with E-state index in [1.165, 1.54) is 7.11 Å². The number of carbonyl (C=O) groups is 3. The summed E-state index contributed by atoms with van der Waals surface area (Å²) in [5.74, 6) is 0.553. The number of imidazole rings is 1. The molecule has 5 N–H and O–H groups in total. The molecule has 5 rings (SSSR count). The average molecular weight is 740 g/mol. The van der Waals surface area contributed by atoms with Crippen LogP contribution in [0.25, 0.3) is 11.0 Å². The minimum atomic E-state index is -0.581. The number of amides is 2. The van der Waals surface area contributed by atoms with Crippen molar-refractivity contribution in [2.24, 2.45) is 10.7 Å². The Morgan fingerprint density at radius 2 is 1.87 bits per heavy atom. The van der Waals surface area contributed by atoms with E-state index in [1.54, 1.807) is 42.1 Å². The van der Waals surface area contributed by atoms with E-state index in [1.807, 2.05) is 41.5 Å². The lowest BCUT2D eigenvalue weighted by atomic mass is 10.1. The number of benzene rings is 2. The van der Waals surface area contributed by atoms with E-state index in [0.717, 1.165) is 38.4 Å². The second kappa shape index (κ2) is 18.7. The number of carbonyl (C=O) groups excluding carboxylic acids is 3. The van der Waals surface area contributed by atoms with Crippen LogP contribution in [0.15, 0.2) is 59.6 Å². The number of methoxy groups -OCH3 is 1. The van der Waals surface area contributed by atoms with E-state index in [4.69, 9.17) is 20.2 Å². The van der Waals surface area contributed by atoms with Crippen molar-refractivity contribution in [2.45, 2.75) is 26.9 Å². The number of allylic oxidation sites excluding steroid dienone is 1. The van der Waals surface area contributed by atoms with Crippen LogP contribution in [0, 0.1) is 6.92 Å². The third-order valence-corrected chi connectivity index (χ3v) is 8.95. The molecule has 4 aromatic rings. The third kappa shape index (κ3) is 9.31. The van der Waals surface area contributed by atoms with Gasteiger partial charge in [0, 0.05) is 70.5 Å². The van der Waals surface area contributed by atoms with E-state index in [9.17, 15) is 14.4 Å². The van der Waals surface area contributed by atoms with Crippen LogP contribution in [0.5, 0.6) is 11.5 Å². The molecule has 2 aromatic carbocycles. The standard InChI is InChI=1S/C38H49N11O5/c1-6-49-31(19-26(2)45-49)37(52)43-25-47(34-29(40-3)20-27(24-50)21-32(34)53-5)14-7-8-15-48-35-30(44-38(48)41-4)22-28(36(39)51)23-33(35)54-18-10-9-13-46-16-11-42-12-17-46/h7-10,19-24,42H,3,6,11-18,25H2,1-2,4-5H3,(H2,39,51)(H,41,44)(H,43,52)/b8-7+,10-9+. The van der Waals surface area contributed by atoms with Gasteiger partial charge in [-0.25, -0.2) is 4.98 Å². The molecule has 0 saturated carbocycles. The number of fused-ring (bicyclic) bond motifs is 1. The van der Waals surface area contributed by atoms with Gasteiger partial charge in [-0.3, -0.25) is 29.0 Å². The first-order valence-corrected chi connectivity index (χ1v) is 17.8. The Morgan fingerprint density at radius 1 is 1.09 bits per heavy atom. The van der Waals surface area contributed by atoms with Crippen LogP contribution in [0.2, 0.25) is 0 Å². The number of aldehydes is 1. The van der Waals surface area contributed by atoms with Crippen LogP contribution < -0.4 is 36.1 Å². The van der Waals surface area contributed by atoms with Gasteiger partial charge >= 0.3 is 0 Å². The monoisotopic (exact) mass is 739 g/mol. The van der Waals surface area contributed by atoms with E-state index in [2.05, 4.69) is 43.7 Å². The van der Waals surface area contributed by atoms with Crippen LogP contribution >= 0.6 is 0 Å². The number of hydrogen-bond donors (Lipinski definition) is 4. The van der Waals surface area contributed by atoms with Crippen LogP contribution in [0.3, 0.4) is 0 Å². The molecule has 0 bridgehead atoms. The predicted octanol–water partition coefficient (Wildman–Crippen LogP) is 3.15. The topological polar surface area (TPSA) is 186 Å². The lowest BCUT2D eigenvalue weighted by Crippen LogP contribution is -2.43. The number of rotatable bonds is 19. The van der Waals surface area contributed by atoms with Crippen LogP contribution in [-0.2, 0) is 13.1 Å². The number of ether oxygens (including phenoxy) is 2. The smallest absolute Gasteiger partial charge is 0.270 e. The van der Waals surface area contributed by atoms with E-state index in [-0.39, 0.29) is 12.6 Å². The number of hydrogen-bond acceptors (Lipinski definition) is 12. The highest BCUT2D eigenvalue weighted by Gasteiger charge is 2.21. The van der Waals surface area contributed by atoms with Gasteiger partial charge in [-0.1, -0.05) is 24.3 Å². The van der Waals surface area contributed by atoms with Gasteiger partial charge in [-0.2, -0.15) is 5.10 Å². The molecule has 16 heteroatoms. The zero-order valence-electron chi connectivity index (χ0n) is 31.3. The van der Waals surface area contributed by atoms with Crippen molar-refractivity contribution in [3.8, 4) is 11.5 Å². The molecule has 0 aliphatic carbocycles. The Hall–Kier alpha value is -6.00. The first-order chi connectivity index (χ1) is 26.2. The molecule has 2 aromatic heterocycles. The highest BCUT2D eigenvalue weighted by Crippen LogP contribution is 2.39. The maximum atomic E-state index is 13.3. The average Bonchev–Trinajstić information content (AvgIpc) is 3.76. The minimum absolute atomic E-state index is 0.0717. The Labute approximate surface area is 314 Å². The summed E-state index contributed by atoms with van der Waals surface area (Å²) >= 11 is 0. The molecule has 0 unspecified atom stereocenters. The number of aryl methyl sites for hydroxylation is 2. The number of nitrogens with zero attached hydrogens (tertiary/aromatic N) is 7. The fourth-order valence-corrected chi connectivity index (χ4v) is 6.29. The zero-order chi connectivity index (χ0) is 38.6.